The number of H-pyrrole nitrogens is 1. The summed E-state index contributed by atoms with van der Waals surface area (Å²) >= 11 is 0. The number of hydrogen-bond donors (Lipinski definition) is 3. The molecule has 1 aliphatic heterocycles. The first kappa shape index (κ1) is 14.5. The van der Waals surface area contributed by atoms with E-state index in [4.69, 9.17) is 5.73 Å². The van der Waals surface area contributed by atoms with Gasteiger partial charge in [0.2, 0.25) is 0 Å². The highest BCUT2D eigenvalue weighted by molar-refractivity contribution is 6.02. The van der Waals surface area contributed by atoms with Crippen LogP contribution in [0.3, 0.4) is 0 Å². The van der Waals surface area contributed by atoms with Crippen LogP contribution in [0.15, 0.2) is 53.5 Å². The second-order valence-electron chi connectivity index (χ2n) is 5.26. The van der Waals surface area contributed by atoms with Crippen molar-refractivity contribution in [2.75, 3.05) is 18.8 Å². The number of aliphatic imine (C=N–C) groups is 1. The number of amidine groups is 1. The zero-order chi connectivity index (χ0) is 14.2. The van der Waals surface area contributed by atoms with Crippen LogP contribution in [-0.2, 0) is 0 Å². The van der Waals surface area contributed by atoms with Crippen molar-refractivity contribution in [2.45, 2.75) is 0 Å². The van der Waals surface area contributed by atoms with Crippen molar-refractivity contribution in [3.05, 3.63) is 54.1 Å². The van der Waals surface area contributed by atoms with Crippen molar-refractivity contribution in [3.8, 4) is 11.3 Å². The first-order valence-electron chi connectivity index (χ1n) is 7.07. The molecule has 0 fully saturated rings. The Morgan fingerprint density at radius 2 is 1.73 bits per heavy atom. The average Bonchev–Trinajstić information content (AvgIpc) is 3.16. The van der Waals surface area contributed by atoms with E-state index in [-0.39, 0.29) is 12.4 Å². The molecule has 1 aliphatic rings. The van der Waals surface area contributed by atoms with E-state index in [0.717, 1.165) is 47.0 Å². The zero-order valence-electron chi connectivity index (χ0n) is 12.0. The number of aromatic nitrogens is 1. The Balaban J connectivity index is 0.00000144. The maximum atomic E-state index is 5.74. The monoisotopic (exact) mass is 312 g/mol. The van der Waals surface area contributed by atoms with Crippen LogP contribution in [-0.4, -0.2) is 23.9 Å². The lowest BCUT2D eigenvalue weighted by atomic mass is 10.1. The third-order valence-corrected chi connectivity index (χ3v) is 3.79. The van der Waals surface area contributed by atoms with Crippen LogP contribution in [0, 0.1) is 0 Å². The van der Waals surface area contributed by atoms with Crippen LogP contribution in [0.5, 0.6) is 0 Å². The van der Waals surface area contributed by atoms with Gasteiger partial charge >= 0.3 is 0 Å². The summed E-state index contributed by atoms with van der Waals surface area (Å²) in [5.74, 6) is 0.987. The number of rotatable bonds is 2. The molecule has 4 nitrogen and oxygen atoms in total. The lowest BCUT2D eigenvalue weighted by Gasteiger charge is -2.01. The zero-order valence-corrected chi connectivity index (χ0v) is 12.8. The van der Waals surface area contributed by atoms with Crippen molar-refractivity contribution >= 4 is 34.8 Å². The third kappa shape index (κ3) is 2.53. The Kier molecular flexibility index (Phi) is 3.77. The average molecular weight is 313 g/mol. The number of aromatic amines is 1. The molecule has 1 aromatic heterocycles. The van der Waals surface area contributed by atoms with Gasteiger partial charge in [0, 0.05) is 34.4 Å². The van der Waals surface area contributed by atoms with Gasteiger partial charge in [-0.25, -0.2) is 0 Å². The van der Waals surface area contributed by atoms with Gasteiger partial charge in [0.25, 0.3) is 0 Å². The molecule has 0 spiro atoms. The van der Waals surface area contributed by atoms with Crippen LogP contribution in [0.4, 0.5) is 5.69 Å². The summed E-state index contributed by atoms with van der Waals surface area (Å²) in [6.07, 6.45) is 0. The quantitative estimate of drug-likeness (QED) is 0.636. The van der Waals surface area contributed by atoms with Gasteiger partial charge in [0.15, 0.2) is 0 Å². The van der Waals surface area contributed by atoms with Gasteiger partial charge in [-0.1, -0.05) is 24.3 Å². The van der Waals surface area contributed by atoms with E-state index in [2.05, 4.69) is 39.6 Å². The summed E-state index contributed by atoms with van der Waals surface area (Å²) in [4.78, 5) is 7.94. The summed E-state index contributed by atoms with van der Waals surface area (Å²) in [5, 5.41) is 4.50. The van der Waals surface area contributed by atoms with E-state index in [1.54, 1.807) is 0 Å². The smallest absolute Gasteiger partial charge is 0.128 e. The van der Waals surface area contributed by atoms with Gasteiger partial charge < -0.3 is 16.0 Å². The predicted octanol–water partition coefficient (Wildman–Crippen LogP) is 3.19. The van der Waals surface area contributed by atoms with Gasteiger partial charge in [0.1, 0.15) is 5.84 Å². The topological polar surface area (TPSA) is 66.2 Å². The van der Waals surface area contributed by atoms with Crippen LogP contribution in [0.25, 0.3) is 22.2 Å². The highest BCUT2D eigenvalue weighted by atomic mass is 35.5. The van der Waals surface area contributed by atoms with E-state index in [1.807, 2.05) is 24.3 Å². The molecule has 22 heavy (non-hydrogen) atoms. The molecule has 2 heterocycles. The number of benzene rings is 2. The summed E-state index contributed by atoms with van der Waals surface area (Å²) in [6, 6.07) is 16.5. The molecule has 4 N–H and O–H groups in total. The Hall–Kier alpha value is -2.46. The minimum absolute atomic E-state index is 0. The van der Waals surface area contributed by atoms with Crippen molar-refractivity contribution < 1.29 is 0 Å². The van der Waals surface area contributed by atoms with Crippen LogP contribution >= 0.6 is 12.4 Å². The maximum absolute atomic E-state index is 5.74. The molecule has 0 bridgehead atoms. The Morgan fingerprint density at radius 3 is 2.45 bits per heavy atom. The second kappa shape index (κ2) is 5.73. The van der Waals surface area contributed by atoms with Crippen LogP contribution < -0.4 is 11.1 Å². The molecular weight excluding hydrogens is 296 g/mol. The summed E-state index contributed by atoms with van der Waals surface area (Å²) in [5.41, 5.74) is 11.0. The maximum Gasteiger partial charge on any atom is 0.128 e. The molecule has 0 atom stereocenters. The molecule has 0 aliphatic carbocycles. The largest absolute Gasteiger partial charge is 0.399 e. The number of nitrogens with zero attached hydrogens (tertiary/aromatic N) is 1. The molecule has 3 aromatic rings. The number of anilines is 1. The molecule has 4 rings (SSSR count). The first-order chi connectivity index (χ1) is 10.3. The van der Waals surface area contributed by atoms with E-state index >= 15 is 0 Å². The fourth-order valence-electron chi connectivity index (χ4n) is 2.68. The molecule has 2 aromatic carbocycles. The predicted molar refractivity (Wildman–Crippen MR) is 94.8 cm³/mol. The molecule has 0 amide bonds. The van der Waals surface area contributed by atoms with Crippen molar-refractivity contribution in [3.63, 3.8) is 0 Å². The molecule has 0 saturated heterocycles. The number of halogens is 1. The first-order valence-corrected chi connectivity index (χ1v) is 7.07. The minimum Gasteiger partial charge on any atom is -0.399 e. The van der Waals surface area contributed by atoms with Crippen molar-refractivity contribution in [2.24, 2.45) is 4.99 Å². The van der Waals surface area contributed by atoms with E-state index in [9.17, 15) is 0 Å². The summed E-state index contributed by atoms with van der Waals surface area (Å²) in [7, 11) is 0. The Labute approximate surface area is 134 Å². The SMILES string of the molecule is Cl.Nc1ccc(-c2cc3ccc(C4=NCCN4)cc3[nH]2)cc1. The van der Waals surface area contributed by atoms with E-state index < -0.39 is 0 Å². The summed E-state index contributed by atoms with van der Waals surface area (Å²) in [6.45, 7) is 1.78. The molecule has 0 unspecified atom stereocenters. The van der Waals surface area contributed by atoms with Crippen molar-refractivity contribution in [1.82, 2.24) is 10.3 Å². The Morgan fingerprint density at radius 1 is 0.955 bits per heavy atom. The highest BCUT2D eigenvalue weighted by Crippen LogP contribution is 2.25. The number of fused-ring (bicyclic) bond motifs is 1. The van der Waals surface area contributed by atoms with Gasteiger partial charge in [-0.15, -0.1) is 12.4 Å². The van der Waals surface area contributed by atoms with Gasteiger partial charge in [-0.05, 0) is 29.8 Å². The third-order valence-electron chi connectivity index (χ3n) is 3.79. The van der Waals surface area contributed by atoms with E-state index in [0.29, 0.717) is 0 Å². The van der Waals surface area contributed by atoms with Gasteiger partial charge in [-0.3, -0.25) is 4.99 Å². The standard InChI is InChI=1S/C17H16N4.ClH/c18-14-5-3-11(4-6-14)15-9-12-1-2-13(10-16(12)21-15)17-19-7-8-20-17;/h1-6,9-10,21H,7-8,18H2,(H,19,20);1H. The summed E-state index contributed by atoms with van der Waals surface area (Å²) < 4.78 is 0. The molecular formula is C17H17ClN4. The molecule has 0 saturated carbocycles. The van der Waals surface area contributed by atoms with Gasteiger partial charge in [0.05, 0.1) is 6.54 Å². The normalized spacial score (nSPS) is 13.5. The fraction of sp³-hybridized carbons (Fsp3) is 0.118. The van der Waals surface area contributed by atoms with E-state index in [1.165, 1.54) is 5.39 Å². The number of nitrogens with one attached hydrogen (secondary N) is 2. The molecule has 5 heteroatoms. The number of hydrogen-bond acceptors (Lipinski definition) is 3. The van der Waals surface area contributed by atoms with Gasteiger partial charge in [-0.2, -0.15) is 0 Å². The fourth-order valence-corrected chi connectivity index (χ4v) is 2.68. The molecule has 0 radical (unpaired) electrons. The number of nitrogens with two attached hydrogens (primary N) is 1. The van der Waals surface area contributed by atoms with Crippen LogP contribution in [0.1, 0.15) is 5.56 Å². The lowest BCUT2D eigenvalue weighted by Crippen LogP contribution is -2.19. The number of nitrogen functional groups attached to an aromatic ring is 1. The highest BCUT2D eigenvalue weighted by Gasteiger charge is 2.10. The van der Waals surface area contributed by atoms with Crippen LogP contribution in [0.2, 0.25) is 0 Å². The lowest BCUT2D eigenvalue weighted by molar-refractivity contribution is 0.960. The minimum atomic E-state index is 0. The second-order valence-corrected chi connectivity index (χ2v) is 5.26. The Bertz CT molecular complexity index is 833. The van der Waals surface area contributed by atoms with Crippen molar-refractivity contribution in [1.29, 1.82) is 0 Å². The molecule has 112 valence electrons.